The smallest absolute Gasteiger partial charge is 0.339 e. The maximum absolute atomic E-state index is 11.6. The van der Waals surface area contributed by atoms with E-state index in [9.17, 15) is 9.90 Å². The first-order valence-electron chi connectivity index (χ1n) is 7.69. The molecule has 0 atom stereocenters. The molecule has 0 amide bonds. The first kappa shape index (κ1) is 18.1. The van der Waals surface area contributed by atoms with Gasteiger partial charge in [0.05, 0.1) is 10.0 Å². The van der Waals surface area contributed by atoms with Gasteiger partial charge in [-0.15, -0.1) is 11.3 Å². The van der Waals surface area contributed by atoms with Crippen LogP contribution in [0.4, 0.5) is 5.00 Å². The van der Waals surface area contributed by atoms with Gasteiger partial charge in [0, 0.05) is 15.9 Å². The van der Waals surface area contributed by atoms with Crippen LogP contribution in [0.3, 0.4) is 0 Å². The Labute approximate surface area is 160 Å². The van der Waals surface area contributed by atoms with Crippen molar-refractivity contribution >= 4 is 57.7 Å². The van der Waals surface area contributed by atoms with E-state index < -0.39 is 5.97 Å². The van der Waals surface area contributed by atoms with Crippen LogP contribution in [0.15, 0.2) is 29.8 Å². The summed E-state index contributed by atoms with van der Waals surface area (Å²) in [6.07, 6.45) is 6.66. The zero-order valence-electron chi connectivity index (χ0n) is 13.8. The Bertz CT molecular complexity index is 926. The number of rotatable bonds is 3. The predicted octanol–water partition coefficient (Wildman–Crippen LogP) is 6.11. The van der Waals surface area contributed by atoms with Crippen molar-refractivity contribution in [2.45, 2.75) is 25.7 Å². The number of carbonyl (C=O) groups is 1. The van der Waals surface area contributed by atoms with Crippen LogP contribution in [-0.2, 0) is 5.41 Å². The highest BCUT2D eigenvalue weighted by Gasteiger charge is 2.34. The topological polar surface area (TPSA) is 63.3 Å². The number of thiophene rings is 1. The lowest BCUT2D eigenvalue weighted by Gasteiger charge is -2.29. The Morgan fingerprint density at radius 3 is 2.64 bits per heavy atom. The lowest BCUT2D eigenvalue weighted by Crippen LogP contribution is -2.20. The van der Waals surface area contributed by atoms with Gasteiger partial charge >= 0.3 is 5.97 Å². The number of nitrogen functional groups attached to an aromatic ring is 1. The molecule has 0 radical (unpaired) electrons. The van der Waals surface area contributed by atoms with E-state index in [0.717, 1.165) is 28.0 Å². The quantitative estimate of drug-likeness (QED) is 0.660. The van der Waals surface area contributed by atoms with Gasteiger partial charge in [-0.25, -0.2) is 4.79 Å². The third-order valence-electron chi connectivity index (χ3n) is 4.21. The minimum absolute atomic E-state index is 0.173. The first-order chi connectivity index (χ1) is 11.7. The molecule has 1 aliphatic carbocycles. The summed E-state index contributed by atoms with van der Waals surface area (Å²) in [5.41, 5.74) is 8.68. The fourth-order valence-electron chi connectivity index (χ4n) is 3.08. The van der Waals surface area contributed by atoms with Gasteiger partial charge in [-0.1, -0.05) is 55.3 Å². The fourth-order valence-corrected chi connectivity index (χ4v) is 4.52. The molecular formula is C19H17Cl2NO2S. The van der Waals surface area contributed by atoms with Crippen LogP contribution in [0.1, 0.15) is 46.6 Å². The van der Waals surface area contributed by atoms with Crippen LogP contribution < -0.4 is 5.73 Å². The molecule has 3 N–H and O–H groups in total. The molecule has 6 heteroatoms. The molecule has 1 aromatic heterocycles. The molecule has 1 aromatic carbocycles. The Hall–Kier alpha value is -1.75. The zero-order chi connectivity index (χ0) is 18.4. The van der Waals surface area contributed by atoms with Crippen LogP contribution in [-0.4, -0.2) is 11.1 Å². The number of anilines is 1. The number of hydrogen-bond acceptors (Lipinski definition) is 3. The third-order valence-corrected chi connectivity index (χ3v) is 6.35. The molecule has 0 unspecified atom stereocenters. The number of halogens is 2. The highest BCUT2D eigenvalue weighted by Crippen LogP contribution is 2.46. The van der Waals surface area contributed by atoms with Crippen molar-refractivity contribution in [2.24, 2.45) is 0 Å². The molecule has 0 spiro atoms. The van der Waals surface area contributed by atoms with Gasteiger partial charge in [0.15, 0.2) is 0 Å². The van der Waals surface area contributed by atoms with Crippen LogP contribution in [0.5, 0.6) is 0 Å². The summed E-state index contributed by atoms with van der Waals surface area (Å²) < 4.78 is 0. The minimum atomic E-state index is -0.989. The Kier molecular flexibility index (Phi) is 4.71. The Balaban J connectivity index is 2.02. The summed E-state index contributed by atoms with van der Waals surface area (Å²) in [5.74, 6) is -0.989. The summed E-state index contributed by atoms with van der Waals surface area (Å²) in [4.78, 5) is 12.6. The number of benzene rings is 1. The standard InChI is InChI=1S/C19H17Cl2NO2S/c1-19(2)9-11(4-3-10-5-6-13(20)14(21)8-10)7-12-15(18(23)24)17(22)25-16(12)19/h3-8H,9,22H2,1-2H3,(H,23,24)/b4-3+. The van der Waals surface area contributed by atoms with Crippen molar-refractivity contribution in [2.75, 3.05) is 5.73 Å². The van der Waals surface area contributed by atoms with Gasteiger partial charge in [-0.3, -0.25) is 0 Å². The van der Waals surface area contributed by atoms with E-state index in [1.54, 1.807) is 12.1 Å². The Morgan fingerprint density at radius 2 is 2.00 bits per heavy atom. The molecule has 3 nitrogen and oxygen atoms in total. The SMILES string of the molecule is CC1(C)CC(/C=C/c2ccc(Cl)c(Cl)c2)=Cc2c1sc(N)c2C(=O)O. The number of fused-ring (bicyclic) bond motifs is 1. The van der Waals surface area contributed by atoms with Crippen molar-refractivity contribution < 1.29 is 9.90 Å². The summed E-state index contributed by atoms with van der Waals surface area (Å²) in [6, 6.07) is 5.44. The molecule has 0 aliphatic heterocycles. The first-order valence-corrected chi connectivity index (χ1v) is 9.26. The molecule has 25 heavy (non-hydrogen) atoms. The molecule has 1 heterocycles. The van der Waals surface area contributed by atoms with Crippen molar-refractivity contribution in [3.63, 3.8) is 0 Å². The van der Waals surface area contributed by atoms with Crippen molar-refractivity contribution in [3.05, 3.63) is 61.5 Å². The highest BCUT2D eigenvalue weighted by molar-refractivity contribution is 7.16. The number of carboxylic acid groups (broad SMARTS) is 1. The van der Waals surface area contributed by atoms with E-state index in [-0.39, 0.29) is 11.0 Å². The average molecular weight is 394 g/mol. The molecule has 2 aromatic rings. The van der Waals surface area contributed by atoms with Crippen molar-refractivity contribution in [3.8, 4) is 0 Å². The summed E-state index contributed by atoms with van der Waals surface area (Å²) in [7, 11) is 0. The summed E-state index contributed by atoms with van der Waals surface area (Å²) in [5, 5.41) is 10.9. The number of aromatic carboxylic acids is 1. The maximum atomic E-state index is 11.6. The van der Waals surface area contributed by atoms with Crippen molar-refractivity contribution in [1.29, 1.82) is 0 Å². The largest absolute Gasteiger partial charge is 0.478 e. The second-order valence-corrected chi connectivity index (χ2v) is 8.54. The molecule has 3 rings (SSSR count). The van der Waals surface area contributed by atoms with E-state index in [1.807, 2.05) is 24.3 Å². The van der Waals surface area contributed by atoms with Gasteiger partial charge in [0.2, 0.25) is 0 Å². The Morgan fingerprint density at radius 1 is 1.28 bits per heavy atom. The van der Waals surface area contributed by atoms with E-state index in [0.29, 0.717) is 15.0 Å². The molecule has 0 saturated carbocycles. The summed E-state index contributed by atoms with van der Waals surface area (Å²) in [6.45, 7) is 4.21. The molecule has 130 valence electrons. The molecular weight excluding hydrogens is 377 g/mol. The highest BCUT2D eigenvalue weighted by atomic mass is 35.5. The lowest BCUT2D eigenvalue weighted by molar-refractivity contribution is 0.0698. The molecule has 0 saturated heterocycles. The van der Waals surface area contributed by atoms with Gasteiger partial charge in [-0.05, 0) is 35.8 Å². The molecule has 1 aliphatic rings. The van der Waals surface area contributed by atoms with Gasteiger partial charge in [-0.2, -0.15) is 0 Å². The van der Waals surface area contributed by atoms with E-state index in [4.69, 9.17) is 28.9 Å². The second-order valence-electron chi connectivity index (χ2n) is 6.68. The van der Waals surface area contributed by atoms with Crippen LogP contribution in [0.2, 0.25) is 10.0 Å². The number of carboxylic acids is 1. The normalized spacial score (nSPS) is 15.9. The van der Waals surface area contributed by atoms with E-state index >= 15 is 0 Å². The maximum Gasteiger partial charge on any atom is 0.339 e. The minimum Gasteiger partial charge on any atom is -0.478 e. The number of allylic oxidation sites excluding steroid dienone is 2. The summed E-state index contributed by atoms with van der Waals surface area (Å²) >= 11 is 13.4. The second kappa shape index (κ2) is 6.52. The van der Waals surface area contributed by atoms with Crippen molar-refractivity contribution in [1.82, 2.24) is 0 Å². The molecule has 0 fully saturated rings. The monoisotopic (exact) mass is 393 g/mol. The number of nitrogens with two attached hydrogens (primary N) is 1. The van der Waals surface area contributed by atoms with Gasteiger partial charge in [0.25, 0.3) is 0 Å². The van der Waals surface area contributed by atoms with Crippen LogP contribution in [0.25, 0.3) is 12.2 Å². The van der Waals surface area contributed by atoms with E-state index in [1.165, 1.54) is 11.3 Å². The predicted molar refractivity (Wildman–Crippen MR) is 107 cm³/mol. The van der Waals surface area contributed by atoms with Crippen LogP contribution in [0, 0.1) is 0 Å². The van der Waals surface area contributed by atoms with Crippen LogP contribution >= 0.6 is 34.5 Å². The number of hydrogen-bond donors (Lipinski definition) is 2. The molecule has 0 bridgehead atoms. The fraction of sp³-hybridized carbons (Fsp3) is 0.211. The zero-order valence-corrected chi connectivity index (χ0v) is 16.1. The lowest BCUT2D eigenvalue weighted by atomic mass is 9.77. The average Bonchev–Trinajstić information content (AvgIpc) is 2.85. The van der Waals surface area contributed by atoms with E-state index in [2.05, 4.69) is 13.8 Å². The van der Waals surface area contributed by atoms with Gasteiger partial charge in [0.1, 0.15) is 10.6 Å². The van der Waals surface area contributed by atoms with Gasteiger partial charge < -0.3 is 10.8 Å². The third kappa shape index (κ3) is 3.47.